The van der Waals surface area contributed by atoms with E-state index in [4.69, 9.17) is 14.2 Å². The molecule has 0 bridgehead atoms. The number of rotatable bonds is 8. The van der Waals surface area contributed by atoms with Gasteiger partial charge >= 0.3 is 0 Å². The van der Waals surface area contributed by atoms with Crippen LogP contribution in [0.15, 0.2) is 89.7 Å². The second kappa shape index (κ2) is 10.4. The van der Waals surface area contributed by atoms with Crippen LogP contribution < -0.4 is 25.1 Å². The number of hydrogen-bond acceptors (Lipinski definition) is 6. The van der Waals surface area contributed by atoms with Crippen LogP contribution in [0.3, 0.4) is 0 Å². The smallest absolute Gasteiger partial charge is 0.267 e. The van der Waals surface area contributed by atoms with E-state index in [1.54, 1.807) is 62.8 Å². The standard InChI is InChI=1S/C26H23N3O5/c1-32-23-14-8-18(16-24(23)33-2)22-13-15-26(31)29(28-22)17-25(30)27-19-9-11-21(12-10-19)34-20-6-4-3-5-7-20/h3-16H,17H2,1-2H3,(H,27,30). The van der Waals surface area contributed by atoms with Gasteiger partial charge in [-0.15, -0.1) is 0 Å². The predicted molar refractivity (Wildman–Crippen MR) is 129 cm³/mol. The van der Waals surface area contributed by atoms with Crippen molar-refractivity contribution in [2.24, 2.45) is 0 Å². The van der Waals surface area contributed by atoms with Crippen LogP contribution in [0.5, 0.6) is 23.0 Å². The lowest BCUT2D eigenvalue weighted by molar-refractivity contribution is -0.117. The van der Waals surface area contributed by atoms with Crippen molar-refractivity contribution in [2.75, 3.05) is 19.5 Å². The van der Waals surface area contributed by atoms with Gasteiger partial charge < -0.3 is 19.5 Å². The molecule has 3 aromatic carbocycles. The maximum atomic E-state index is 12.6. The number of nitrogens with zero attached hydrogens (tertiary/aromatic N) is 2. The van der Waals surface area contributed by atoms with Gasteiger partial charge in [0.15, 0.2) is 11.5 Å². The topological polar surface area (TPSA) is 91.7 Å². The summed E-state index contributed by atoms with van der Waals surface area (Å²) in [5.74, 6) is 2.11. The van der Waals surface area contributed by atoms with E-state index < -0.39 is 0 Å². The Morgan fingerprint density at radius 2 is 1.56 bits per heavy atom. The highest BCUT2D eigenvalue weighted by atomic mass is 16.5. The fraction of sp³-hybridized carbons (Fsp3) is 0.115. The third kappa shape index (κ3) is 5.42. The molecule has 0 unspecified atom stereocenters. The van der Waals surface area contributed by atoms with E-state index in [0.29, 0.717) is 28.6 Å². The van der Waals surface area contributed by atoms with Crippen LogP contribution in [0, 0.1) is 0 Å². The Bertz CT molecular complexity index is 1330. The van der Waals surface area contributed by atoms with Crippen LogP contribution in [0.2, 0.25) is 0 Å². The Kier molecular flexibility index (Phi) is 6.88. The largest absolute Gasteiger partial charge is 0.493 e. The number of aromatic nitrogens is 2. The van der Waals surface area contributed by atoms with Crippen molar-refractivity contribution in [1.29, 1.82) is 0 Å². The zero-order valence-corrected chi connectivity index (χ0v) is 18.7. The number of anilines is 1. The van der Waals surface area contributed by atoms with Gasteiger partial charge in [0.2, 0.25) is 5.91 Å². The molecule has 1 amide bonds. The highest BCUT2D eigenvalue weighted by molar-refractivity contribution is 5.90. The van der Waals surface area contributed by atoms with Crippen molar-refractivity contribution in [3.05, 3.63) is 95.3 Å². The molecular weight excluding hydrogens is 434 g/mol. The highest BCUT2D eigenvalue weighted by Gasteiger charge is 2.11. The van der Waals surface area contributed by atoms with Crippen LogP contribution in [0.4, 0.5) is 5.69 Å². The SMILES string of the molecule is COc1ccc(-c2ccc(=O)n(CC(=O)Nc3ccc(Oc4ccccc4)cc3)n2)cc1OC. The molecule has 34 heavy (non-hydrogen) atoms. The summed E-state index contributed by atoms with van der Waals surface area (Å²) in [5.41, 5.74) is 1.44. The summed E-state index contributed by atoms with van der Waals surface area (Å²) in [6.07, 6.45) is 0. The first-order chi connectivity index (χ1) is 16.6. The van der Waals surface area contributed by atoms with Gasteiger partial charge in [-0.05, 0) is 60.7 Å². The third-order valence-electron chi connectivity index (χ3n) is 4.96. The number of benzene rings is 3. The fourth-order valence-electron chi connectivity index (χ4n) is 3.28. The van der Waals surface area contributed by atoms with Crippen molar-refractivity contribution in [2.45, 2.75) is 6.54 Å². The molecule has 0 aliphatic rings. The Hall–Kier alpha value is -4.59. The van der Waals surface area contributed by atoms with Crippen molar-refractivity contribution in [3.63, 3.8) is 0 Å². The van der Waals surface area contributed by atoms with Crippen LogP contribution >= 0.6 is 0 Å². The molecule has 0 fully saturated rings. The lowest BCUT2D eigenvalue weighted by Crippen LogP contribution is -2.29. The minimum atomic E-state index is -0.383. The summed E-state index contributed by atoms with van der Waals surface area (Å²) >= 11 is 0. The van der Waals surface area contributed by atoms with E-state index in [-0.39, 0.29) is 18.0 Å². The van der Waals surface area contributed by atoms with Gasteiger partial charge in [0.1, 0.15) is 18.0 Å². The van der Waals surface area contributed by atoms with Gasteiger partial charge in [-0.2, -0.15) is 5.10 Å². The zero-order chi connectivity index (χ0) is 23.9. The first-order valence-corrected chi connectivity index (χ1v) is 10.5. The molecule has 0 aliphatic heterocycles. The predicted octanol–water partition coefficient (Wildman–Crippen LogP) is 4.36. The molecule has 1 heterocycles. The van der Waals surface area contributed by atoms with Gasteiger partial charge in [-0.1, -0.05) is 18.2 Å². The molecule has 1 aromatic heterocycles. The maximum absolute atomic E-state index is 12.6. The monoisotopic (exact) mass is 457 g/mol. The number of carbonyl (C=O) groups excluding carboxylic acids is 1. The zero-order valence-electron chi connectivity index (χ0n) is 18.7. The van der Waals surface area contributed by atoms with Crippen molar-refractivity contribution in [1.82, 2.24) is 9.78 Å². The van der Waals surface area contributed by atoms with Gasteiger partial charge in [0.05, 0.1) is 19.9 Å². The number of carbonyl (C=O) groups is 1. The summed E-state index contributed by atoms with van der Waals surface area (Å²) in [6.45, 7) is -0.234. The van der Waals surface area contributed by atoms with E-state index in [9.17, 15) is 9.59 Å². The Labute approximate surface area is 196 Å². The number of methoxy groups -OCH3 is 2. The maximum Gasteiger partial charge on any atom is 0.267 e. The fourth-order valence-corrected chi connectivity index (χ4v) is 3.28. The second-order valence-electron chi connectivity index (χ2n) is 7.27. The minimum Gasteiger partial charge on any atom is -0.493 e. The van der Waals surface area contributed by atoms with Gasteiger partial charge in [-0.3, -0.25) is 9.59 Å². The lowest BCUT2D eigenvalue weighted by Gasteiger charge is -2.11. The van der Waals surface area contributed by atoms with Gasteiger partial charge in [0.25, 0.3) is 5.56 Å². The summed E-state index contributed by atoms with van der Waals surface area (Å²) in [4.78, 5) is 24.9. The van der Waals surface area contributed by atoms with Crippen molar-refractivity contribution < 1.29 is 19.0 Å². The van der Waals surface area contributed by atoms with E-state index in [2.05, 4.69) is 10.4 Å². The van der Waals surface area contributed by atoms with Crippen LogP contribution in [0.25, 0.3) is 11.3 Å². The van der Waals surface area contributed by atoms with E-state index in [0.717, 1.165) is 16.0 Å². The minimum absolute atomic E-state index is 0.234. The van der Waals surface area contributed by atoms with Crippen LogP contribution in [-0.4, -0.2) is 29.9 Å². The van der Waals surface area contributed by atoms with Crippen LogP contribution in [-0.2, 0) is 11.3 Å². The average Bonchev–Trinajstić information content (AvgIpc) is 2.86. The highest BCUT2D eigenvalue weighted by Crippen LogP contribution is 2.31. The van der Waals surface area contributed by atoms with E-state index in [1.165, 1.54) is 6.07 Å². The quantitative estimate of drug-likeness (QED) is 0.423. The lowest BCUT2D eigenvalue weighted by atomic mass is 10.1. The van der Waals surface area contributed by atoms with Gasteiger partial charge in [-0.25, -0.2) is 4.68 Å². The molecule has 0 atom stereocenters. The van der Waals surface area contributed by atoms with E-state index >= 15 is 0 Å². The average molecular weight is 457 g/mol. The molecule has 0 radical (unpaired) electrons. The Morgan fingerprint density at radius 3 is 2.26 bits per heavy atom. The molecular formula is C26H23N3O5. The van der Waals surface area contributed by atoms with Crippen molar-refractivity contribution in [3.8, 4) is 34.3 Å². The number of para-hydroxylation sites is 1. The molecule has 172 valence electrons. The molecule has 0 saturated heterocycles. The van der Waals surface area contributed by atoms with Crippen molar-refractivity contribution >= 4 is 11.6 Å². The second-order valence-corrected chi connectivity index (χ2v) is 7.27. The number of amides is 1. The first-order valence-electron chi connectivity index (χ1n) is 10.5. The summed E-state index contributed by atoms with van der Waals surface area (Å²) in [7, 11) is 3.10. The molecule has 0 aliphatic carbocycles. The Balaban J connectivity index is 1.44. The number of nitrogens with one attached hydrogen (secondary N) is 1. The normalized spacial score (nSPS) is 10.4. The summed E-state index contributed by atoms with van der Waals surface area (Å²) in [5, 5.41) is 7.11. The molecule has 1 N–H and O–H groups in total. The Morgan fingerprint density at radius 1 is 0.853 bits per heavy atom. The number of hydrogen-bond donors (Lipinski definition) is 1. The number of ether oxygens (including phenoxy) is 3. The molecule has 0 saturated carbocycles. The molecule has 4 aromatic rings. The molecule has 0 spiro atoms. The van der Waals surface area contributed by atoms with E-state index in [1.807, 2.05) is 30.3 Å². The first kappa shape index (κ1) is 22.6. The molecule has 8 heteroatoms. The molecule has 8 nitrogen and oxygen atoms in total. The summed E-state index contributed by atoms with van der Waals surface area (Å²) in [6, 6.07) is 24.7. The van der Waals surface area contributed by atoms with Gasteiger partial charge in [0, 0.05) is 17.3 Å². The summed E-state index contributed by atoms with van der Waals surface area (Å²) < 4.78 is 17.5. The molecule has 4 rings (SSSR count). The third-order valence-corrected chi connectivity index (χ3v) is 4.96. The van der Waals surface area contributed by atoms with Crippen LogP contribution in [0.1, 0.15) is 0 Å².